The predicted octanol–water partition coefficient (Wildman–Crippen LogP) is 4.82. The van der Waals surface area contributed by atoms with Crippen LogP contribution in [0.15, 0.2) is 12.1 Å². The molecule has 0 spiro atoms. The van der Waals surface area contributed by atoms with E-state index in [1.165, 1.54) is 0 Å². The summed E-state index contributed by atoms with van der Waals surface area (Å²) >= 11 is 0. The topological polar surface area (TPSA) is 65.0 Å². The van der Waals surface area contributed by atoms with E-state index in [2.05, 4.69) is 33.9 Å². The first kappa shape index (κ1) is 23.4. The van der Waals surface area contributed by atoms with E-state index >= 15 is 0 Å². The Kier molecular flexibility index (Phi) is 7.35. The van der Waals surface area contributed by atoms with E-state index in [9.17, 15) is 4.79 Å². The third kappa shape index (κ3) is 6.22. The van der Waals surface area contributed by atoms with Crippen LogP contribution in [0.5, 0.6) is 0 Å². The Balaban J connectivity index is 2.83. The zero-order chi connectivity index (χ0) is 20.4. The number of hydrogen-bond acceptors (Lipinski definition) is 4. The van der Waals surface area contributed by atoms with Crippen LogP contribution in [0.3, 0.4) is 0 Å². The Morgan fingerprint density at radius 2 is 1.69 bits per heavy atom. The zero-order valence-electron chi connectivity index (χ0n) is 18.0. The lowest BCUT2D eigenvalue weighted by molar-refractivity contribution is -0.137. The lowest BCUT2D eigenvalue weighted by Gasteiger charge is -2.38. The van der Waals surface area contributed by atoms with Crippen molar-refractivity contribution in [2.45, 2.75) is 103 Å². The molecular formula is C19H37BO5Si. The number of aliphatic carboxylic acids is 1. The van der Waals surface area contributed by atoms with Crippen LogP contribution in [0, 0.1) is 0 Å². The quantitative estimate of drug-likeness (QED) is 0.608. The third-order valence-corrected chi connectivity index (χ3v) is 10.4. The van der Waals surface area contributed by atoms with Crippen LogP contribution in [0.1, 0.15) is 67.7 Å². The molecule has 0 aromatic heterocycles. The van der Waals surface area contributed by atoms with Gasteiger partial charge in [-0.05, 0) is 58.7 Å². The molecular weight excluding hydrogens is 347 g/mol. The molecule has 5 nitrogen and oxygen atoms in total. The Labute approximate surface area is 160 Å². The van der Waals surface area contributed by atoms with E-state index in [1.54, 1.807) is 0 Å². The third-order valence-electron chi connectivity index (χ3n) is 5.89. The van der Waals surface area contributed by atoms with Crippen molar-refractivity contribution in [1.29, 1.82) is 0 Å². The summed E-state index contributed by atoms with van der Waals surface area (Å²) in [6, 6.07) is 0. The maximum absolute atomic E-state index is 10.8. The summed E-state index contributed by atoms with van der Waals surface area (Å²) in [6.45, 7) is 19.1. The minimum atomic E-state index is -1.96. The monoisotopic (exact) mass is 384 g/mol. The summed E-state index contributed by atoms with van der Waals surface area (Å²) in [4.78, 5) is 10.8. The highest BCUT2D eigenvalue weighted by atomic mass is 28.4. The van der Waals surface area contributed by atoms with E-state index in [0.717, 1.165) is 0 Å². The Bertz CT molecular complexity index is 507. The molecule has 1 fully saturated rings. The number of carbonyl (C=O) groups is 1. The van der Waals surface area contributed by atoms with Crippen LogP contribution in [-0.2, 0) is 18.5 Å². The smallest absolute Gasteiger partial charge is 0.481 e. The molecule has 1 rings (SSSR count). The summed E-state index contributed by atoms with van der Waals surface area (Å²) < 4.78 is 18.5. The van der Waals surface area contributed by atoms with Gasteiger partial charge in [-0.15, -0.1) is 0 Å². The lowest BCUT2D eigenvalue weighted by atomic mass is 9.89. The van der Waals surface area contributed by atoms with Crippen molar-refractivity contribution in [1.82, 2.24) is 0 Å². The number of carboxylic acids is 1. The molecule has 0 radical (unpaired) electrons. The Morgan fingerprint density at radius 1 is 1.19 bits per heavy atom. The molecule has 1 N–H and O–H groups in total. The molecule has 1 saturated heterocycles. The van der Waals surface area contributed by atoms with Gasteiger partial charge in [-0.25, -0.2) is 0 Å². The highest BCUT2D eigenvalue weighted by molar-refractivity contribution is 6.74. The van der Waals surface area contributed by atoms with Crippen molar-refractivity contribution in [3.63, 3.8) is 0 Å². The Hall–Kier alpha value is -0.628. The van der Waals surface area contributed by atoms with E-state index in [-0.39, 0.29) is 28.8 Å². The SMILES string of the molecule is CC1(C)OB(/C=C/[C@@H](CCCC(=O)O)O[Si](C)(C)C(C)(C)C)OC1(C)C. The van der Waals surface area contributed by atoms with Crippen molar-refractivity contribution >= 4 is 21.4 Å². The highest BCUT2D eigenvalue weighted by Gasteiger charge is 2.50. The minimum absolute atomic E-state index is 0.0935. The highest BCUT2D eigenvalue weighted by Crippen LogP contribution is 2.39. The molecule has 0 aromatic rings. The minimum Gasteiger partial charge on any atom is -0.481 e. The van der Waals surface area contributed by atoms with Crippen molar-refractivity contribution in [3.05, 3.63) is 12.1 Å². The van der Waals surface area contributed by atoms with E-state index in [0.29, 0.717) is 12.8 Å². The van der Waals surface area contributed by atoms with Crippen LogP contribution in [-0.4, -0.2) is 43.8 Å². The molecule has 0 saturated carbocycles. The van der Waals surface area contributed by atoms with Crippen LogP contribution in [0.2, 0.25) is 18.1 Å². The van der Waals surface area contributed by atoms with Gasteiger partial charge in [0.15, 0.2) is 8.32 Å². The summed E-state index contributed by atoms with van der Waals surface area (Å²) in [7, 11) is -2.37. The van der Waals surface area contributed by atoms with Crippen molar-refractivity contribution in [2.24, 2.45) is 0 Å². The fourth-order valence-corrected chi connectivity index (χ4v) is 3.69. The van der Waals surface area contributed by atoms with Crippen LogP contribution in [0.4, 0.5) is 0 Å². The van der Waals surface area contributed by atoms with E-state index in [1.807, 2.05) is 39.7 Å². The van der Waals surface area contributed by atoms with Gasteiger partial charge in [0.25, 0.3) is 0 Å². The summed E-state index contributed by atoms with van der Waals surface area (Å²) in [6.07, 6.45) is 3.28. The molecule has 0 amide bonds. The second kappa shape index (κ2) is 8.17. The first-order chi connectivity index (χ1) is 11.6. The van der Waals surface area contributed by atoms with Gasteiger partial charge in [0, 0.05) is 6.42 Å². The summed E-state index contributed by atoms with van der Waals surface area (Å²) in [5.41, 5.74) is -0.748. The molecule has 0 bridgehead atoms. The van der Waals surface area contributed by atoms with Crippen molar-refractivity contribution < 1.29 is 23.6 Å². The van der Waals surface area contributed by atoms with E-state index < -0.39 is 21.4 Å². The molecule has 0 aromatic carbocycles. The van der Waals surface area contributed by atoms with Crippen LogP contribution in [0.25, 0.3) is 0 Å². The Morgan fingerprint density at radius 3 is 2.12 bits per heavy atom. The van der Waals surface area contributed by atoms with E-state index in [4.69, 9.17) is 18.8 Å². The molecule has 7 heteroatoms. The molecule has 0 aliphatic carbocycles. The standard InChI is InChI=1S/C19H37BO5Si/c1-17(2,3)26(8,9)23-15(11-10-12-16(21)22)13-14-20-24-18(4,5)19(6,7)25-20/h13-15H,10-12H2,1-9H3,(H,21,22)/b14-13+/t15-/m1/s1. The van der Waals surface area contributed by atoms with Crippen LogP contribution >= 0.6 is 0 Å². The average molecular weight is 384 g/mol. The maximum atomic E-state index is 10.8. The molecule has 0 unspecified atom stereocenters. The first-order valence-electron chi connectivity index (χ1n) is 9.51. The van der Waals surface area contributed by atoms with Gasteiger partial charge in [0.2, 0.25) is 0 Å². The summed E-state index contributed by atoms with van der Waals surface area (Å²) in [5.74, 6) is 1.14. The second-order valence-corrected chi connectivity index (χ2v) is 14.5. The zero-order valence-corrected chi connectivity index (χ0v) is 19.0. The van der Waals surface area contributed by atoms with Gasteiger partial charge in [0.1, 0.15) is 0 Å². The predicted molar refractivity (Wildman–Crippen MR) is 109 cm³/mol. The molecule has 26 heavy (non-hydrogen) atoms. The summed E-state index contributed by atoms with van der Waals surface area (Å²) in [5, 5.41) is 9.01. The van der Waals surface area contributed by atoms with Crippen molar-refractivity contribution in [2.75, 3.05) is 0 Å². The van der Waals surface area contributed by atoms with Gasteiger partial charge < -0.3 is 18.8 Å². The van der Waals surface area contributed by atoms with Crippen molar-refractivity contribution in [3.8, 4) is 0 Å². The lowest BCUT2D eigenvalue weighted by Crippen LogP contribution is -2.43. The van der Waals surface area contributed by atoms with Gasteiger partial charge >= 0.3 is 13.1 Å². The molecule has 1 aliphatic heterocycles. The maximum Gasteiger partial charge on any atom is 0.486 e. The normalized spacial score (nSPS) is 21.3. The first-order valence-corrected chi connectivity index (χ1v) is 12.4. The van der Waals surface area contributed by atoms with Gasteiger partial charge in [-0.2, -0.15) is 0 Å². The van der Waals surface area contributed by atoms with Gasteiger partial charge in [-0.3, -0.25) is 4.79 Å². The second-order valence-electron chi connectivity index (χ2n) is 9.71. The fraction of sp³-hybridized carbons (Fsp3) is 0.842. The van der Waals surface area contributed by atoms with Gasteiger partial charge in [0.05, 0.1) is 17.3 Å². The number of rotatable bonds is 8. The number of hydrogen-bond donors (Lipinski definition) is 1. The molecule has 1 atom stereocenters. The largest absolute Gasteiger partial charge is 0.486 e. The average Bonchev–Trinajstić information content (AvgIpc) is 2.62. The van der Waals surface area contributed by atoms with Crippen LogP contribution < -0.4 is 0 Å². The molecule has 1 aliphatic rings. The number of carboxylic acid groups (broad SMARTS) is 1. The molecule has 1 heterocycles. The fourth-order valence-electron chi connectivity index (χ4n) is 2.39. The van der Waals surface area contributed by atoms with Gasteiger partial charge in [-0.1, -0.05) is 32.8 Å². The molecule has 150 valence electrons.